The SMILES string of the molecule is CCS(=O)(=O)CCN(Cc1ccccc1N)C(C)C. The van der Waals surface area contributed by atoms with Gasteiger partial charge >= 0.3 is 0 Å². The van der Waals surface area contributed by atoms with Crippen LogP contribution >= 0.6 is 0 Å². The van der Waals surface area contributed by atoms with E-state index in [1.807, 2.05) is 24.3 Å². The summed E-state index contributed by atoms with van der Waals surface area (Å²) < 4.78 is 23.2. The van der Waals surface area contributed by atoms with Crippen LogP contribution in [0, 0.1) is 0 Å². The van der Waals surface area contributed by atoms with Crippen LogP contribution in [0.1, 0.15) is 26.3 Å². The zero-order valence-corrected chi connectivity index (χ0v) is 12.8. The number of hydrogen-bond acceptors (Lipinski definition) is 4. The van der Waals surface area contributed by atoms with E-state index in [1.165, 1.54) is 0 Å². The molecule has 0 saturated heterocycles. The maximum absolute atomic E-state index is 11.6. The summed E-state index contributed by atoms with van der Waals surface area (Å²) >= 11 is 0. The van der Waals surface area contributed by atoms with Crippen LogP contribution in [0.3, 0.4) is 0 Å². The Morgan fingerprint density at radius 1 is 1.26 bits per heavy atom. The molecular weight excluding hydrogens is 260 g/mol. The minimum atomic E-state index is -2.92. The van der Waals surface area contributed by atoms with Crippen molar-refractivity contribution in [2.24, 2.45) is 0 Å². The number of nitrogen functional groups attached to an aromatic ring is 1. The average molecular weight is 284 g/mol. The Hall–Kier alpha value is -1.07. The molecule has 0 aromatic heterocycles. The Kier molecular flexibility index (Phi) is 5.82. The Labute approximate surface area is 116 Å². The molecule has 0 bridgehead atoms. The van der Waals surface area contributed by atoms with Crippen LogP contribution in [0.2, 0.25) is 0 Å². The number of nitrogens with two attached hydrogens (primary N) is 1. The van der Waals surface area contributed by atoms with Crippen molar-refractivity contribution in [3.8, 4) is 0 Å². The number of sulfone groups is 1. The molecule has 0 heterocycles. The second-order valence-corrected chi connectivity index (χ2v) is 7.47. The highest BCUT2D eigenvalue weighted by atomic mass is 32.2. The number of rotatable bonds is 7. The van der Waals surface area contributed by atoms with Crippen molar-refractivity contribution in [3.05, 3.63) is 29.8 Å². The average Bonchev–Trinajstić information content (AvgIpc) is 2.36. The van der Waals surface area contributed by atoms with E-state index >= 15 is 0 Å². The van der Waals surface area contributed by atoms with Crippen LogP contribution in [0.25, 0.3) is 0 Å². The van der Waals surface area contributed by atoms with E-state index in [0.717, 1.165) is 11.3 Å². The van der Waals surface area contributed by atoms with E-state index in [-0.39, 0.29) is 17.5 Å². The van der Waals surface area contributed by atoms with Gasteiger partial charge in [-0.1, -0.05) is 25.1 Å². The van der Waals surface area contributed by atoms with Gasteiger partial charge in [0.25, 0.3) is 0 Å². The number of benzene rings is 1. The first-order chi connectivity index (χ1) is 8.85. The van der Waals surface area contributed by atoms with Crippen molar-refractivity contribution in [2.45, 2.75) is 33.4 Å². The van der Waals surface area contributed by atoms with Crippen molar-refractivity contribution in [3.63, 3.8) is 0 Å². The van der Waals surface area contributed by atoms with Gasteiger partial charge in [0.2, 0.25) is 0 Å². The lowest BCUT2D eigenvalue weighted by molar-refractivity contribution is 0.226. The van der Waals surface area contributed by atoms with Crippen LogP contribution in [0.4, 0.5) is 5.69 Å². The van der Waals surface area contributed by atoms with Gasteiger partial charge in [0.15, 0.2) is 9.84 Å². The molecule has 0 atom stereocenters. The van der Waals surface area contributed by atoms with Crippen LogP contribution in [0.15, 0.2) is 24.3 Å². The first kappa shape index (κ1) is 16.0. The van der Waals surface area contributed by atoms with E-state index in [1.54, 1.807) is 6.92 Å². The van der Waals surface area contributed by atoms with Crippen molar-refractivity contribution in [1.82, 2.24) is 4.90 Å². The maximum Gasteiger partial charge on any atom is 0.151 e. The lowest BCUT2D eigenvalue weighted by atomic mass is 10.1. The van der Waals surface area contributed by atoms with E-state index < -0.39 is 9.84 Å². The fourth-order valence-corrected chi connectivity index (χ4v) is 2.62. The highest BCUT2D eigenvalue weighted by Gasteiger charge is 2.15. The van der Waals surface area contributed by atoms with Crippen molar-refractivity contribution in [1.29, 1.82) is 0 Å². The number of nitrogens with zero attached hydrogens (tertiary/aromatic N) is 1. The second kappa shape index (κ2) is 6.91. The molecule has 0 radical (unpaired) electrons. The third-order valence-electron chi connectivity index (χ3n) is 3.29. The van der Waals surface area contributed by atoms with Crippen LogP contribution in [-0.2, 0) is 16.4 Å². The fourth-order valence-electron chi connectivity index (χ4n) is 1.82. The normalized spacial score (nSPS) is 12.3. The molecule has 5 heteroatoms. The van der Waals surface area contributed by atoms with Crippen molar-refractivity contribution >= 4 is 15.5 Å². The Bertz CT molecular complexity index is 498. The third-order valence-corrected chi connectivity index (χ3v) is 4.97. The summed E-state index contributed by atoms with van der Waals surface area (Å²) in [6, 6.07) is 7.99. The largest absolute Gasteiger partial charge is 0.398 e. The van der Waals surface area contributed by atoms with Gasteiger partial charge in [0, 0.05) is 30.6 Å². The van der Waals surface area contributed by atoms with E-state index in [4.69, 9.17) is 5.73 Å². The minimum Gasteiger partial charge on any atom is -0.398 e. The molecule has 0 saturated carbocycles. The van der Waals surface area contributed by atoms with E-state index in [9.17, 15) is 8.42 Å². The lowest BCUT2D eigenvalue weighted by Gasteiger charge is -2.26. The van der Waals surface area contributed by atoms with Gasteiger partial charge in [0.05, 0.1) is 5.75 Å². The summed E-state index contributed by atoms with van der Waals surface area (Å²) in [5.74, 6) is 0.404. The maximum atomic E-state index is 11.6. The number of para-hydroxylation sites is 1. The van der Waals surface area contributed by atoms with Crippen molar-refractivity contribution in [2.75, 3.05) is 23.8 Å². The highest BCUT2D eigenvalue weighted by molar-refractivity contribution is 7.91. The molecule has 0 unspecified atom stereocenters. The summed E-state index contributed by atoms with van der Waals surface area (Å²) in [6.07, 6.45) is 0. The summed E-state index contributed by atoms with van der Waals surface area (Å²) in [6.45, 7) is 7.05. The van der Waals surface area contributed by atoms with Crippen molar-refractivity contribution < 1.29 is 8.42 Å². The molecule has 108 valence electrons. The summed E-state index contributed by atoms with van der Waals surface area (Å²) in [4.78, 5) is 2.14. The number of hydrogen-bond donors (Lipinski definition) is 1. The van der Waals surface area contributed by atoms with Gasteiger partial charge < -0.3 is 5.73 Å². The lowest BCUT2D eigenvalue weighted by Crippen LogP contribution is -2.35. The molecule has 0 aliphatic rings. The van der Waals surface area contributed by atoms with Gasteiger partial charge in [-0.25, -0.2) is 8.42 Å². The molecule has 0 amide bonds. The fraction of sp³-hybridized carbons (Fsp3) is 0.571. The van der Waals surface area contributed by atoms with Crippen LogP contribution in [-0.4, -0.2) is 37.4 Å². The monoisotopic (exact) mass is 284 g/mol. The van der Waals surface area contributed by atoms with E-state index in [0.29, 0.717) is 13.1 Å². The predicted molar refractivity (Wildman–Crippen MR) is 80.7 cm³/mol. The standard InChI is InChI=1S/C14H24N2O2S/c1-4-19(17,18)10-9-16(12(2)3)11-13-7-5-6-8-14(13)15/h5-8,12H,4,9-11,15H2,1-3H3. The van der Waals surface area contributed by atoms with Crippen LogP contribution in [0.5, 0.6) is 0 Å². The minimum absolute atomic E-state index is 0.201. The zero-order chi connectivity index (χ0) is 14.5. The molecule has 4 nitrogen and oxygen atoms in total. The molecule has 0 aliphatic carbocycles. The molecule has 0 spiro atoms. The van der Waals surface area contributed by atoms with Crippen LogP contribution < -0.4 is 5.73 Å². The quantitative estimate of drug-likeness (QED) is 0.777. The summed E-state index contributed by atoms with van der Waals surface area (Å²) in [5, 5.41) is 0. The Morgan fingerprint density at radius 3 is 2.42 bits per heavy atom. The highest BCUT2D eigenvalue weighted by Crippen LogP contribution is 2.15. The first-order valence-electron chi connectivity index (χ1n) is 6.63. The van der Waals surface area contributed by atoms with Gasteiger partial charge in [0.1, 0.15) is 0 Å². The van der Waals surface area contributed by atoms with E-state index in [2.05, 4.69) is 18.7 Å². The molecule has 0 aliphatic heterocycles. The third kappa shape index (κ3) is 5.20. The molecule has 0 fully saturated rings. The van der Waals surface area contributed by atoms with Gasteiger partial charge in [-0.05, 0) is 25.5 Å². The first-order valence-corrected chi connectivity index (χ1v) is 8.45. The molecule has 19 heavy (non-hydrogen) atoms. The summed E-state index contributed by atoms with van der Waals surface area (Å²) in [5.41, 5.74) is 7.73. The smallest absolute Gasteiger partial charge is 0.151 e. The Morgan fingerprint density at radius 2 is 1.89 bits per heavy atom. The molecule has 1 aromatic carbocycles. The second-order valence-electron chi connectivity index (χ2n) is 5.00. The van der Waals surface area contributed by atoms with Gasteiger partial charge in [-0.15, -0.1) is 0 Å². The molecule has 1 aromatic rings. The number of anilines is 1. The molecule has 2 N–H and O–H groups in total. The molecule has 1 rings (SSSR count). The zero-order valence-electron chi connectivity index (χ0n) is 12.0. The predicted octanol–water partition coefficient (Wildman–Crippen LogP) is 1.91. The topological polar surface area (TPSA) is 63.4 Å². The Balaban J connectivity index is 2.72. The molecular formula is C14H24N2O2S. The van der Waals surface area contributed by atoms with Gasteiger partial charge in [-0.2, -0.15) is 0 Å². The van der Waals surface area contributed by atoms with Gasteiger partial charge in [-0.3, -0.25) is 4.90 Å². The summed E-state index contributed by atoms with van der Waals surface area (Å²) in [7, 11) is -2.92.